The van der Waals surface area contributed by atoms with Gasteiger partial charge in [0, 0.05) is 35.5 Å². The zero-order valence-corrected chi connectivity index (χ0v) is 17.6. The van der Waals surface area contributed by atoms with Crippen LogP contribution in [0, 0.1) is 12.8 Å². The Morgan fingerprint density at radius 2 is 1.97 bits per heavy atom. The maximum absolute atomic E-state index is 12.7. The second-order valence-corrected chi connectivity index (χ2v) is 9.76. The number of carbonyl (C=O) groups excluding carboxylic acids is 1. The molecule has 2 aromatic rings. The number of fused-ring (bicyclic) bond motifs is 1. The molecular weight excluding hydrogens is 406 g/mol. The van der Waals surface area contributed by atoms with Gasteiger partial charge in [-0.2, -0.15) is 0 Å². The van der Waals surface area contributed by atoms with Gasteiger partial charge in [0.2, 0.25) is 10.0 Å². The van der Waals surface area contributed by atoms with E-state index in [4.69, 9.17) is 9.88 Å². The molecule has 0 aliphatic heterocycles. The van der Waals surface area contributed by atoms with Gasteiger partial charge in [0.15, 0.2) is 5.78 Å². The Balaban J connectivity index is 1.32. The number of nitrogens with one attached hydrogen (secondary N) is 2. The van der Waals surface area contributed by atoms with Crippen molar-refractivity contribution in [2.75, 3.05) is 6.54 Å². The summed E-state index contributed by atoms with van der Waals surface area (Å²) < 4.78 is 28.5. The number of benzene rings is 1. The molecule has 162 valence electrons. The number of aliphatic hydroxyl groups is 1. The molecule has 0 spiro atoms. The van der Waals surface area contributed by atoms with E-state index in [1.54, 1.807) is 0 Å². The summed E-state index contributed by atoms with van der Waals surface area (Å²) in [6.45, 7) is 2.48. The highest BCUT2D eigenvalue weighted by Gasteiger charge is 2.37. The van der Waals surface area contributed by atoms with Crippen LogP contribution in [0.4, 0.5) is 0 Å². The number of aryl methyl sites for hydroxylation is 2. The molecule has 1 saturated carbocycles. The normalized spacial score (nSPS) is 26.6. The number of rotatable bonds is 6. The minimum Gasteiger partial charge on any atom is -0.488 e. The summed E-state index contributed by atoms with van der Waals surface area (Å²) in [5.74, 6) is 0.541. The standard InChI is InChI=1S/C21H27N3O5S/c1-12-10-16-17(24-12)7-2-13(20(16)25)11-23-18-8-9-19(21(18)26)29-14-3-5-15(6-4-14)30(22,27)28/h3-6,10,13,18-19,21,23-24,26H,2,7-9,11H2,1H3,(H2,22,27,28). The first-order valence-corrected chi connectivity index (χ1v) is 11.7. The van der Waals surface area contributed by atoms with Gasteiger partial charge in [-0.3, -0.25) is 4.79 Å². The van der Waals surface area contributed by atoms with Crippen LogP contribution in [-0.4, -0.2) is 49.1 Å². The van der Waals surface area contributed by atoms with Gasteiger partial charge in [0.05, 0.1) is 4.90 Å². The number of ketones is 1. The highest BCUT2D eigenvalue weighted by Crippen LogP contribution is 2.28. The first-order chi connectivity index (χ1) is 14.2. The van der Waals surface area contributed by atoms with Crippen molar-refractivity contribution in [3.63, 3.8) is 0 Å². The Bertz CT molecular complexity index is 1030. The van der Waals surface area contributed by atoms with Crippen LogP contribution in [0.1, 0.15) is 41.0 Å². The van der Waals surface area contributed by atoms with E-state index in [2.05, 4.69) is 10.3 Å². The van der Waals surface area contributed by atoms with Crippen molar-refractivity contribution >= 4 is 15.8 Å². The Morgan fingerprint density at radius 3 is 2.67 bits per heavy atom. The lowest BCUT2D eigenvalue weighted by Crippen LogP contribution is -2.44. The predicted octanol–water partition coefficient (Wildman–Crippen LogP) is 1.28. The first kappa shape index (κ1) is 21.0. The third-order valence-corrected chi connectivity index (χ3v) is 6.96. The number of ether oxygens (including phenoxy) is 1. The summed E-state index contributed by atoms with van der Waals surface area (Å²) in [4.78, 5) is 16.0. The van der Waals surface area contributed by atoms with E-state index in [1.165, 1.54) is 24.3 Å². The third-order valence-electron chi connectivity index (χ3n) is 6.03. The number of aromatic amines is 1. The fourth-order valence-corrected chi connectivity index (χ4v) is 4.91. The summed E-state index contributed by atoms with van der Waals surface area (Å²) in [7, 11) is -3.75. The van der Waals surface area contributed by atoms with Crippen LogP contribution in [0.2, 0.25) is 0 Å². The van der Waals surface area contributed by atoms with Crippen molar-refractivity contribution in [2.24, 2.45) is 11.1 Å². The van der Waals surface area contributed by atoms with Crippen LogP contribution < -0.4 is 15.2 Å². The maximum atomic E-state index is 12.7. The van der Waals surface area contributed by atoms with Crippen LogP contribution in [0.3, 0.4) is 0 Å². The Morgan fingerprint density at radius 1 is 1.23 bits per heavy atom. The number of aliphatic hydroxyl groups excluding tert-OH is 1. The van der Waals surface area contributed by atoms with E-state index in [9.17, 15) is 18.3 Å². The average Bonchev–Trinajstić information content (AvgIpc) is 3.24. The molecular formula is C21H27N3O5S. The molecule has 1 aromatic carbocycles. The Hall–Kier alpha value is -2.20. The lowest BCUT2D eigenvalue weighted by Gasteiger charge is -2.25. The van der Waals surface area contributed by atoms with Crippen LogP contribution in [0.5, 0.6) is 5.75 Å². The minimum atomic E-state index is -3.75. The van der Waals surface area contributed by atoms with Crippen LogP contribution >= 0.6 is 0 Å². The molecule has 9 heteroatoms. The number of Topliss-reactive ketones (excluding diaryl/α,β-unsaturated/α-hetero) is 1. The van der Waals surface area contributed by atoms with E-state index in [0.717, 1.165) is 36.2 Å². The number of hydrogen-bond donors (Lipinski definition) is 4. The lowest BCUT2D eigenvalue weighted by molar-refractivity contribution is 0.0441. The number of nitrogens with two attached hydrogens (primary N) is 1. The molecule has 2 aliphatic rings. The van der Waals surface area contributed by atoms with Crippen LogP contribution in [0.25, 0.3) is 0 Å². The predicted molar refractivity (Wildman–Crippen MR) is 111 cm³/mol. The molecule has 1 heterocycles. The molecule has 0 bridgehead atoms. The topological polar surface area (TPSA) is 135 Å². The van der Waals surface area contributed by atoms with Gasteiger partial charge >= 0.3 is 0 Å². The molecule has 1 aromatic heterocycles. The molecule has 8 nitrogen and oxygen atoms in total. The van der Waals surface area contributed by atoms with Gasteiger partial charge in [-0.1, -0.05) is 0 Å². The molecule has 4 rings (SSSR count). The molecule has 5 N–H and O–H groups in total. The molecule has 4 unspecified atom stereocenters. The van der Waals surface area contributed by atoms with E-state index in [1.807, 2.05) is 13.0 Å². The summed E-state index contributed by atoms with van der Waals surface area (Å²) in [6, 6.07) is 7.59. The van der Waals surface area contributed by atoms with Crippen molar-refractivity contribution in [2.45, 2.75) is 55.8 Å². The Kier molecular flexibility index (Phi) is 5.71. The van der Waals surface area contributed by atoms with Gasteiger partial charge in [0.1, 0.15) is 18.0 Å². The second kappa shape index (κ2) is 8.14. The zero-order valence-electron chi connectivity index (χ0n) is 16.8. The van der Waals surface area contributed by atoms with E-state index >= 15 is 0 Å². The number of H-pyrrole nitrogens is 1. The summed E-state index contributed by atoms with van der Waals surface area (Å²) in [6.07, 6.45) is 1.93. The molecule has 4 atom stereocenters. The first-order valence-electron chi connectivity index (χ1n) is 10.2. The fraction of sp³-hybridized carbons (Fsp3) is 0.476. The molecule has 0 saturated heterocycles. The monoisotopic (exact) mass is 433 g/mol. The highest BCUT2D eigenvalue weighted by molar-refractivity contribution is 7.89. The number of primary sulfonamides is 1. The highest BCUT2D eigenvalue weighted by atomic mass is 32.2. The van der Waals surface area contributed by atoms with Crippen molar-refractivity contribution in [3.8, 4) is 5.75 Å². The van der Waals surface area contributed by atoms with Gasteiger partial charge in [0.25, 0.3) is 0 Å². The van der Waals surface area contributed by atoms with Gasteiger partial charge < -0.3 is 20.1 Å². The van der Waals surface area contributed by atoms with Crippen LogP contribution in [0.15, 0.2) is 35.2 Å². The van der Waals surface area contributed by atoms with Crippen molar-refractivity contribution < 1.29 is 23.1 Å². The molecule has 0 amide bonds. The molecule has 0 radical (unpaired) electrons. The van der Waals surface area contributed by atoms with Gasteiger partial charge in [-0.25, -0.2) is 13.6 Å². The quantitative estimate of drug-likeness (QED) is 0.542. The van der Waals surface area contributed by atoms with Crippen molar-refractivity contribution in [1.29, 1.82) is 0 Å². The molecule has 30 heavy (non-hydrogen) atoms. The maximum Gasteiger partial charge on any atom is 0.238 e. The minimum absolute atomic E-state index is 0.0132. The van der Waals surface area contributed by atoms with Gasteiger partial charge in [-0.15, -0.1) is 0 Å². The van der Waals surface area contributed by atoms with E-state index in [-0.39, 0.29) is 22.6 Å². The number of hydrogen-bond acceptors (Lipinski definition) is 6. The molecule has 2 aliphatic carbocycles. The third kappa shape index (κ3) is 4.29. The largest absolute Gasteiger partial charge is 0.488 e. The fourth-order valence-electron chi connectivity index (χ4n) is 4.40. The average molecular weight is 434 g/mol. The van der Waals surface area contributed by atoms with Crippen molar-refractivity contribution in [1.82, 2.24) is 10.3 Å². The zero-order chi connectivity index (χ0) is 21.5. The second-order valence-electron chi connectivity index (χ2n) is 8.20. The van der Waals surface area contributed by atoms with Crippen LogP contribution in [-0.2, 0) is 16.4 Å². The Labute approximate surface area is 175 Å². The van der Waals surface area contributed by atoms with Gasteiger partial charge in [-0.05, 0) is 62.9 Å². The lowest BCUT2D eigenvalue weighted by atomic mass is 9.86. The number of sulfonamides is 1. The number of aromatic nitrogens is 1. The molecule has 1 fully saturated rings. The number of carbonyl (C=O) groups is 1. The van der Waals surface area contributed by atoms with E-state index < -0.39 is 22.2 Å². The SMILES string of the molecule is Cc1cc2c([nH]1)CCC(CNC1CCC(Oc3ccc(S(N)(=O)=O)cc3)C1O)C2=O. The summed E-state index contributed by atoms with van der Waals surface area (Å²) >= 11 is 0. The summed E-state index contributed by atoms with van der Waals surface area (Å²) in [5, 5.41) is 19.1. The smallest absolute Gasteiger partial charge is 0.238 e. The van der Waals surface area contributed by atoms with E-state index in [0.29, 0.717) is 18.7 Å². The van der Waals surface area contributed by atoms with Crippen molar-refractivity contribution in [3.05, 3.63) is 47.3 Å². The summed E-state index contributed by atoms with van der Waals surface area (Å²) in [5.41, 5.74) is 2.82.